The molecule has 7 nitrogen and oxygen atoms in total. The lowest BCUT2D eigenvalue weighted by Crippen LogP contribution is -2.22. The second kappa shape index (κ2) is 7.45. The Kier molecular flexibility index (Phi) is 5.07. The molecule has 1 aromatic heterocycles. The van der Waals surface area contributed by atoms with Crippen molar-refractivity contribution in [3.05, 3.63) is 70.9 Å². The number of ether oxygens (including phenoxy) is 1. The number of rotatable bonds is 6. The Morgan fingerprint density at radius 1 is 1.13 bits per heavy atom. The van der Waals surface area contributed by atoms with E-state index < -0.39 is 15.4 Å². The molecule has 0 bridgehead atoms. The van der Waals surface area contributed by atoms with E-state index in [4.69, 9.17) is 16.3 Å². The number of sulfonamides is 1. The largest absolute Gasteiger partial charge is 0.468 e. The minimum atomic E-state index is -3.86. The summed E-state index contributed by atoms with van der Waals surface area (Å²) in [5.41, 5.74) is 1.45. The lowest BCUT2D eigenvalue weighted by molar-refractivity contribution is -0.143. The van der Waals surface area contributed by atoms with Gasteiger partial charge in [-0.25, -0.2) is 13.1 Å². The summed E-state index contributed by atoms with van der Waals surface area (Å²) in [4.78, 5) is 12.1. The molecule has 1 heterocycles. The summed E-state index contributed by atoms with van der Waals surface area (Å²) in [6, 6.07) is 14.9. The van der Waals surface area contributed by atoms with Gasteiger partial charge in [0.25, 0.3) is 10.0 Å². The number of esters is 1. The molecule has 3 aromatic rings. The summed E-state index contributed by atoms with van der Waals surface area (Å²) in [6.07, 6.45) is 1.40. The number of nitrogens with zero attached hydrogens (tertiary/aromatic N) is 2. The molecule has 9 heteroatoms. The van der Waals surface area contributed by atoms with Gasteiger partial charge >= 0.3 is 5.97 Å². The smallest absolute Gasteiger partial charge is 0.316 e. The standard InChI is InChI=1S/C21H20ClN3O4S/c1-14-13-19(25(23-14)17-7-5-16(22)6-8-17)24-30(27,28)18-9-3-15(4-10-18)21(11-12-21)20(26)29-2/h3-10,13,24H,11-12H2,1-2H3. The van der Waals surface area contributed by atoms with Crippen molar-refractivity contribution in [3.8, 4) is 5.69 Å². The molecule has 0 atom stereocenters. The molecule has 0 aliphatic heterocycles. The Hall–Kier alpha value is -2.84. The molecule has 0 saturated heterocycles. The average molecular weight is 446 g/mol. The first-order chi connectivity index (χ1) is 14.2. The number of carbonyl (C=O) groups excluding carboxylic acids is 1. The zero-order valence-corrected chi connectivity index (χ0v) is 18.0. The van der Waals surface area contributed by atoms with Gasteiger partial charge in [-0.15, -0.1) is 0 Å². The molecule has 30 heavy (non-hydrogen) atoms. The zero-order chi connectivity index (χ0) is 21.5. The summed E-state index contributed by atoms with van der Waals surface area (Å²) in [7, 11) is -2.50. The van der Waals surface area contributed by atoms with E-state index >= 15 is 0 Å². The predicted molar refractivity (Wildman–Crippen MR) is 113 cm³/mol. The molecule has 0 radical (unpaired) electrons. The molecule has 0 unspecified atom stereocenters. The minimum absolute atomic E-state index is 0.0911. The summed E-state index contributed by atoms with van der Waals surface area (Å²) < 4.78 is 34.9. The van der Waals surface area contributed by atoms with Crippen LogP contribution in [0.25, 0.3) is 5.69 Å². The van der Waals surface area contributed by atoms with Crippen LogP contribution in [0.1, 0.15) is 24.1 Å². The first kappa shape index (κ1) is 20.4. The van der Waals surface area contributed by atoms with Crippen LogP contribution in [0.5, 0.6) is 0 Å². The third-order valence-electron chi connectivity index (χ3n) is 5.18. The summed E-state index contributed by atoms with van der Waals surface area (Å²) >= 11 is 5.94. The first-order valence-electron chi connectivity index (χ1n) is 9.30. The lowest BCUT2D eigenvalue weighted by atomic mass is 9.96. The Morgan fingerprint density at radius 2 is 1.77 bits per heavy atom. The van der Waals surface area contributed by atoms with E-state index in [-0.39, 0.29) is 10.9 Å². The first-order valence-corrected chi connectivity index (χ1v) is 11.2. The second-order valence-electron chi connectivity index (χ2n) is 7.26. The summed E-state index contributed by atoms with van der Waals surface area (Å²) in [5.74, 6) is 0.0192. The van der Waals surface area contributed by atoms with Crippen LogP contribution in [0.2, 0.25) is 5.02 Å². The topological polar surface area (TPSA) is 90.3 Å². The fourth-order valence-corrected chi connectivity index (χ4v) is 4.59. The van der Waals surface area contributed by atoms with E-state index in [2.05, 4.69) is 9.82 Å². The van der Waals surface area contributed by atoms with Crippen molar-refractivity contribution in [1.29, 1.82) is 0 Å². The van der Waals surface area contributed by atoms with Crippen molar-refractivity contribution in [3.63, 3.8) is 0 Å². The van der Waals surface area contributed by atoms with Gasteiger partial charge in [0.15, 0.2) is 0 Å². The van der Waals surface area contributed by atoms with E-state index in [1.807, 2.05) is 0 Å². The molecule has 156 valence electrons. The molecule has 1 N–H and O–H groups in total. The van der Waals surface area contributed by atoms with Crippen molar-refractivity contribution < 1.29 is 17.9 Å². The number of benzene rings is 2. The number of hydrogen-bond donors (Lipinski definition) is 1. The quantitative estimate of drug-likeness (QED) is 0.582. The van der Waals surface area contributed by atoms with Crippen LogP contribution in [-0.2, 0) is 25.0 Å². The van der Waals surface area contributed by atoms with Crippen LogP contribution in [0.4, 0.5) is 5.82 Å². The Bertz CT molecular complexity index is 1200. The van der Waals surface area contributed by atoms with E-state index in [1.54, 1.807) is 49.4 Å². The summed E-state index contributed by atoms with van der Waals surface area (Å²) in [6.45, 7) is 1.78. The highest BCUT2D eigenvalue weighted by atomic mass is 35.5. The van der Waals surface area contributed by atoms with Gasteiger partial charge in [-0.1, -0.05) is 23.7 Å². The average Bonchev–Trinajstić information content (AvgIpc) is 3.46. The molecule has 2 aromatic carbocycles. The molecule has 0 amide bonds. The van der Waals surface area contributed by atoms with Gasteiger partial charge in [0.1, 0.15) is 5.82 Å². The maximum Gasteiger partial charge on any atom is 0.316 e. The number of halogens is 1. The van der Waals surface area contributed by atoms with Crippen LogP contribution in [0.15, 0.2) is 59.5 Å². The second-order valence-corrected chi connectivity index (χ2v) is 9.38. The maximum atomic E-state index is 13.0. The monoisotopic (exact) mass is 445 g/mol. The van der Waals surface area contributed by atoms with Gasteiger partial charge < -0.3 is 4.74 Å². The van der Waals surface area contributed by atoms with E-state index in [0.717, 1.165) is 5.56 Å². The van der Waals surface area contributed by atoms with Gasteiger partial charge in [-0.3, -0.25) is 9.52 Å². The lowest BCUT2D eigenvalue weighted by Gasteiger charge is -2.14. The maximum absolute atomic E-state index is 13.0. The molecule has 4 rings (SSSR count). The fraction of sp³-hybridized carbons (Fsp3) is 0.238. The van der Waals surface area contributed by atoms with Crippen molar-refractivity contribution in [2.45, 2.75) is 30.1 Å². The van der Waals surface area contributed by atoms with Gasteiger partial charge in [0, 0.05) is 11.1 Å². The van der Waals surface area contributed by atoms with Gasteiger partial charge in [0.2, 0.25) is 0 Å². The van der Waals surface area contributed by atoms with Crippen molar-refractivity contribution in [2.75, 3.05) is 11.8 Å². The van der Waals surface area contributed by atoms with Crippen LogP contribution >= 0.6 is 11.6 Å². The number of aromatic nitrogens is 2. The Morgan fingerprint density at radius 3 is 2.33 bits per heavy atom. The molecule has 1 aliphatic rings. The highest BCUT2D eigenvalue weighted by molar-refractivity contribution is 7.92. The predicted octanol–water partition coefficient (Wildman–Crippen LogP) is 3.84. The highest BCUT2D eigenvalue weighted by Crippen LogP contribution is 2.49. The normalized spacial score (nSPS) is 14.9. The highest BCUT2D eigenvalue weighted by Gasteiger charge is 2.52. The molecular weight excluding hydrogens is 426 g/mol. The minimum Gasteiger partial charge on any atom is -0.468 e. The van der Waals surface area contributed by atoms with Crippen LogP contribution in [0, 0.1) is 6.92 Å². The molecule has 1 fully saturated rings. The number of aryl methyl sites for hydroxylation is 1. The van der Waals surface area contributed by atoms with Crippen LogP contribution in [0.3, 0.4) is 0 Å². The molecular formula is C21H20ClN3O4S. The van der Waals surface area contributed by atoms with Gasteiger partial charge in [-0.05, 0) is 61.7 Å². The van der Waals surface area contributed by atoms with Crippen molar-refractivity contribution >= 4 is 33.4 Å². The number of nitrogens with one attached hydrogen (secondary N) is 1. The van der Waals surface area contributed by atoms with Crippen molar-refractivity contribution in [2.24, 2.45) is 0 Å². The van der Waals surface area contributed by atoms with E-state index in [0.29, 0.717) is 35.1 Å². The summed E-state index contributed by atoms with van der Waals surface area (Å²) in [5, 5.41) is 4.94. The number of hydrogen-bond acceptors (Lipinski definition) is 5. The third kappa shape index (κ3) is 3.68. The van der Waals surface area contributed by atoms with E-state index in [1.165, 1.54) is 23.9 Å². The number of carbonyl (C=O) groups is 1. The molecule has 0 spiro atoms. The van der Waals surface area contributed by atoms with Gasteiger partial charge in [-0.2, -0.15) is 5.10 Å². The zero-order valence-electron chi connectivity index (χ0n) is 16.4. The number of methoxy groups -OCH3 is 1. The van der Waals surface area contributed by atoms with Crippen LogP contribution in [-0.4, -0.2) is 31.3 Å². The van der Waals surface area contributed by atoms with E-state index in [9.17, 15) is 13.2 Å². The van der Waals surface area contributed by atoms with Gasteiger partial charge in [0.05, 0.1) is 28.8 Å². The third-order valence-corrected chi connectivity index (χ3v) is 6.81. The Balaban J connectivity index is 1.61. The Labute approximate surface area is 179 Å². The number of anilines is 1. The SMILES string of the molecule is COC(=O)C1(c2ccc(S(=O)(=O)Nc3cc(C)nn3-c3ccc(Cl)cc3)cc2)CC1. The molecule has 1 saturated carbocycles. The van der Waals surface area contributed by atoms with Crippen LogP contribution < -0.4 is 4.72 Å². The molecule has 1 aliphatic carbocycles. The fourth-order valence-electron chi connectivity index (χ4n) is 3.43. The van der Waals surface area contributed by atoms with Crippen molar-refractivity contribution in [1.82, 2.24) is 9.78 Å².